The fourth-order valence-electron chi connectivity index (χ4n) is 1.82. The first-order chi connectivity index (χ1) is 10.8. The molecule has 0 bridgehead atoms. The summed E-state index contributed by atoms with van der Waals surface area (Å²) in [7, 11) is 1.91. The maximum absolute atomic E-state index is 13.2. The molecule has 1 aromatic rings. The molecule has 0 aromatic heterocycles. The molecule has 3 N–H and O–H groups in total. The van der Waals surface area contributed by atoms with Crippen LogP contribution in [-0.2, 0) is 0 Å². The van der Waals surface area contributed by atoms with Crippen LogP contribution >= 0.6 is 0 Å². The number of carbonyl (C=O) groups excluding carboxylic acids is 1. The number of aliphatic hydroxyl groups excluding tert-OH is 1. The van der Waals surface area contributed by atoms with E-state index in [4.69, 9.17) is 0 Å². The number of benzene rings is 1. The average Bonchev–Trinajstić information content (AvgIpc) is 2.49. The van der Waals surface area contributed by atoms with E-state index in [1.165, 1.54) is 0 Å². The summed E-state index contributed by atoms with van der Waals surface area (Å²) in [5.41, 5.74) is -0.0571. The molecule has 0 heterocycles. The van der Waals surface area contributed by atoms with Gasteiger partial charge in [-0.25, -0.2) is 18.0 Å². The first-order valence-corrected chi connectivity index (χ1v) is 7.26. The van der Waals surface area contributed by atoms with Crippen molar-refractivity contribution in [2.45, 2.75) is 25.9 Å². The molecule has 23 heavy (non-hydrogen) atoms. The number of nitrogens with one attached hydrogen (secondary N) is 2. The maximum Gasteiger partial charge on any atom is 0.315 e. The van der Waals surface area contributed by atoms with Crippen molar-refractivity contribution in [1.29, 1.82) is 0 Å². The number of halogens is 3. The summed E-state index contributed by atoms with van der Waals surface area (Å²) >= 11 is 0. The summed E-state index contributed by atoms with van der Waals surface area (Å²) in [4.78, 5) is 13.8. The highest BCUT2D eigenvalue weighted by Crippen LogP contribution is 2.19. The molecule has 0 saturated heterocycles. The van der Waals surface area contributed by atoms with Crippen LogP contribution in [0.15, 0.2) is 12.1 Å². The molecule has 0 aliphatic heterocycles. The van der Waals surface area contributed by atoms with Gasteiger partial charge in [0.25, 0.3) is 0 Å². The van der Waals surface area contributed by atoms with Gasteiger partial charge in [0.15, 0.2) is 17.5 Å². The van der Waals surface area contributed by atoms with Gasteiger partial charge in [-0.3, -0.25) is 0 Å². The van der Waals surface area contributed by atoms with Gasteiger partial charge < -0.3 is 20.6 Å². The average molecular weight is 333 g/mol. The highest BCUT2D eigenvalue weighted by molar-refractivity contribution is 5.74. The molecule has 1 aromatic carbocycles. The molecule has 5 nitrogen and oxygen atoms in total. The van der Waals surface area contributed by atoms with Gasteiger partial charge in [-0.1, -0.05) is 0 Å². The lowest BCUT2D eigenvalue weighted by atomic mass is 10.1. The van der Waals surface area contributed by atoms with E-state index in [9.17, 15) is 23.1 Å². The van der Waals surface area contributed by atoms with Crippen LogP contribution in [-0.4, -0.2) is 48.8 Å². The van der Waals surface area contributed by atoms with Crippen molar-refractivity contribution in [2.24, 2.45) is 0 Å². The predicted octanol–water partition coefficient (Wildman–Crippen LogP) is 1.78. The molecule has 2 amide bonds. The molecular weight excluding hydrogens is 311 g/mol. The molecular formula is C15H22F3N3O2. The Hall–Kier alpha value is -1.80. The number of nitrogens with zero attached hydrogens (tertiary/aromatic N) is 1. The van der Waals surface area contributed by atoms with Gasteiger partial charge in [0.1, 0.15) is 0 Å². The second-order valence-corrected chi connectivity index (χ2v) is 5.51. The first kappa shape index (κ1) is 19.2. The normalized spacial score (nSPS) is 12.6. The Kier molecular flexibility index (Phi) is 7.31. The topological polar surface area (TPSA) is 64.6 Å². The van der Waals surface area contributed by atoms with Gasteiger partial charge in [0.2, 0.25) is 0 Å². The zero-order valence-electron chi connectivity index (χ0n) is 13.4. The van der Waals surface area contributed by atoms with Gasteiger partial charge in [0, 0.05) is 19.1 Å². The Balaban J connectivity index is 2.61. The Morgan fingerprint density at radius 3 is 2.30 bits per heavy atom. The lowest BCUT2D eigenvalue weighted by Gasteiger charge is -2.22. The van der Waals surface area contributed by atoms with Crippen molar-refractivity contribution in [3.8, 4) is 0 Å². The Bertz CT molecular complexity index is 518. The van der Waals surface area contributed by atoms with Crippen LogP contribution < -0.4 is 10.6 Å². The molecule has 8 heteroatoms. The van der Waals surface area contributed by atoms with Crippen molar-refractivity contribution in [1.82, 2.24) is 15.5 Å². The Labute approximate surface area is 133 Å². The summed E-state index contributed by atoms with van der Waals surface area (Å²) in [5, 5.41) is 14.2. The largest absolute Gasteiger partial charge is 0.394 e. The van der Waals surface area contributed by atoms with Crippen molar-refractivity contribution in [3.63, 3.8) is 0 Å². The fourth-order valence-corrected chi connectivity index (χ4v) is 1.82. The zero-order valence-corrected chi connectivity index (χ0v) is 13.4. The van der Waals surface area contributed by atoms with Crippen molar-refractivity contribution < 1.29 is 23.1 Å². The molecule has 0 aliphatic rings. The van der Waals surface area contributed by atoms with E-state index in [2.05, 4.69) is 10.6 Å². The molecule has 0 aliphatic carbocycles. The Morgan fingerprint density at radius 1 is 1.26 bits per heavy atom. The smallest absolute Gasteiger partial charge is 0.315 e. The van der Waals surface area contributed by atoms with E-state index in [1.54, 1.807) is 0 Å². The number of hydrogen-bond donors (Lipinski definition) is 3. The summed E-state index contributed by atoms with van der Waals surface area (Å²) in [6.07, 6.45) is 0. The number of likely N-dealkylation sites (N-methyl/N-ethyl adjacent to an activating group) is 1. The van der Waals surface area contributed by atoms with E-state index in [1.807, 2.05) is 25.8 Å². The molecule has 130 valence electrons. The second kappa shape index (κ2) is 8.73. The lowest BCUT2D eigenvalue weighted by Crippen LogP contribution is -2.43. The number of urea groups is 1. The van der Waals surface area contributed by atoms with E-state index in [0.29, 0.717) is 19.1 Å². The van der Waals surface area contributed by atoms with E-state index in [0.717, 1.165) is 12.1 Å². The molecule has 1 atom stereocenters. The van der Waals surface area contributed by atoms with Crippen LogP contribution in [0, 0.1) is 17.5 Å². The van der Waals surface area contributed by atoms with E-state index < -0.39 is 36.1 Å². The number of amides is 2. The third kappa shape index (κ3) is 5.72. The minimum Gasteiger partial charge on any atom is -0.394 e. The van der Waals surface area contributed by atoms with Gasteiger partial charge in [-0.15, -0.1) is 0 Å². The minimum atomic E-state index is -1.59. The minimum absolute atomic E-state index is 0.0571. The Morgan fingerprint density at radius 2 is 1.83 bits per heavy atom. The van der Waals surface area contributed by atoms with Gasteiger partial charge in [0.05, 0.1) is 12.6 Å². The lowest BCUT2D eigenvalue weighted by molar-refractivity contribution is 0.213. The first-order valence-electron chi connectivity index (χ1n) is 7.26. The summed E-state index contributed by atoms with van der Waals surface area (Å²) < 4.78 is 39.4. The molecule has 0 fully saturated rings. The summed E-state index contributed by atoms with van der Waals surface area (Å²) in [6, 6.07) is 0.183. The van der Waals surface area contributed by atoms with Crippen LogP contribution in [0.5, 0.6) is 0 Å². The summed E-state index contributed by atoms with van der Waals surface area (Å²) in [5.74, 6) is -4.34. The standard InChI is InChI=1S/C15H22F3N3O2/c1-9(2)21(3)5-4-19-15(23)20-13(8-22)10-6-11(16)14(18)12(17)7-10/h6-7,9,13,22H,4-5,8H2,1-3H3,(H2,19,20,23). The maximum atomic E-state index is 13.2. The number of carbonyl (C=O) groups is 1. The SMILES string of the molecule is CC(C)N(C)CCNC(=O)NC(CO)c1cc(F)c(F)c(F)c1. The monoisotopic (exact) mass is 333 g/mol. The highest BCUT2D eigenvalue weighted by Gasteiger charge is 2.18. The van der Waals surface area contributed by atoms with Crippen LogP contribution in [0.3, 0.4) is 0 Å². The number of rotatable bonds is 7. The van der Waals surface area contributed by atoms with Crippen LogP contribution in [0.25, 0.3) is 0 Å². The third-order valence-corrected chi connectivity index (χ3v) is 3.53. The highest BCUT2D eigenvalue weighted by atomic mass is 19.2. The van der Waals surface area contributed by atoms with Gasteiger partial charge in [-0.2, -0.15) is 0 Å². The zero-order chi connectivity index (χ0) is 17.6. The fraction of sp³-hybridized carbons (Fsp3) is 0.533. The van der Waals surface area contributed by atoms with Gasteiger partial charge in [-0.05, 0) is 38.6 Å². The number of aliphatic hydroxyl groups is 1. The quantitative estimate of drug-likeness (QED) is 0.667. The second-order valence-electron chi connectivity index (χ2n) is 5.51. The summed E-state index contributed by atoms with van der Waals surface area (Å²) in [6.45, 7) is 4.43. The van der Waals surface area contributed by atoms with Crippen molar-refractivity contribution in [3.05, 3.63) is 35.1 Å². The molecule has 1 rings (SSSR count). The molecule has 1 unspecified atom stereocenters. The van der Waals surface area contributed by atoms with Crippen LogP contribution in [0.2, 0.25) is 0 Å². The number of hydrogen-bond acceptors (Lipinski definition) is 3. The van der Waals surface area contributed by atoms with Gasteiger partial charge >= 0.3 is 6.03 Å². The molecule has 0 spiro atoms. The van der Waals surface area contributed by atoms with Crippen molar-refractivity contribution in [2.75, 3.05) is 26.7 Å². The van der Waals surface area contributed by atoms with Crippen LogP contribution in [0.4, 0.5) is 18.0 Å². The third-order valence-electron chi connectivity index (χ3n) is 3.53. The van der Waals surface area contributed by atoms with E-state index in [-0.39, 0.29) is 5.56 Å². The van der Waals surface area contributed by atoms with Crippen LogP contribution in [0.1, 0.15) is 25.5 Å². The predicted molar refractivity (Wildman–Crippen MR) is 80.4 cm³/mol. The molecule has 0 radical (unpaired) electrons. The molecule has 0 saturated carbocycles. The van der Waals surface area contributed by atoms with Crippen molar-refractivity contribution >= 4 is 6.03 Å². The van der Waals surface area contributed by atoms with E-state index >= 15 is 0 Å².